The number of benzene rings is 1. The predicted octanol–water partition coefficient (Wildman–Crippen LogP) is 2.61. The Kier molecular flexibility index (Phi) is 5.75. The second-order valence-electron chi connectivity index (χ2n) is 5.52. The zero-order chi connectivity index (χ0) is 15.2. The molecule has 0 saturated carbocycles. The number of ether oxygens (including phenoxy) is 2. The van der Waals surface area contributed by atoms with Crippen molar-refractivity contribution in [2.75, 3.05) is 6.54 Å². The Morgan fingerprint density at radius 1 is 1.29 bits per heavy atom. The summed E-state index contributed by atoms with van der Waals surface area (Å²) in [5.74, 6) is 5.28. The zero-order valence-corrected chi connectivity index (χ0v) is 12.6. The molecule has 2 unspecified atom stereocenters. The van der Waals surface area contributed by atoms with Gasteiger partial charge in [-0.1, -0.05) is 11.8 Å². The Morgan fingerprint density at radius 3 is 2.67 bits per heavy atom. The maximum Gasteiger partial charge on any atom is 0.124 e. The molecule has 0 amide bonds. The topological polar surface area (TPSA) is 44.5 Å². The summed E-state index contributed by atoms with van der Waals surface area (Å²) in [6, 6.07) is 4.74. The average Bonchev–Trinajstić information content (AvgIpc) is 2.41. The number of halogens is 1. The van der Waals surface area contributed by atoms with Crippen LogP contribution in [0.4, 0.5) is 4.39 Å². The van der Waals surface area contributed by atoms with Crippen LogP contribution in [0.3, 0.4) is 0 Å². The molecular weight excluding hydrogens is 269 g/mol. The van der Waals surface area contributed by atoms with Crippen LogP contribution in [0.5, 0.6) is 0 Å². The Hall–Kier alpha value is -1.41. The molecule has 0 spiro atoms. The quantitative estimate of drug-likeness (QED) is 0.871. The lowest BCUT2D eigenvalue weighted by molar-refractivity contribution is -0.106. The first-order valence-corrected chi connectivity index (χ1v) is 7.32. The Morgan fingerprint density at radius 2 is 2.00 bits per heavy atom. The van der Waals surface area contributed by atoms with Gasteiger partial charge in [-0.25, -0.2) is 4.39 Å². The van der Waals surface area contributed by atoms with Crippen LogP contribution in [0, 0.1) is 17.7 Å². The first-order chi connectivity index (χ1) is 10.1. The molecule has 1 aromatic rings. The van der Waals surface area contributed by atoms with Gasteiger partial charge in [0.25, 0.3) is 0 Å². The molecule has 1 aliphatic heterocycles. The first kappa shape index (κ1) is 16.0. The third kappa shape index (κ3) is 5.13. The van der Waals surface area contributed by atoms with E-state index in [1.165, 1.54) is 12.1 Å². The number of hydrogen-bond acceptors (Lipinski definition) is 3. The molecule has 0 bridgehead atoms. The minimum atomic E-state index is -0.300. The third-order valence-electron chi connectivity index (χ3n) is 3.43. The molecule has 0 aliphatic carbocycles. The minimum Gasteiger partial charge on any atom is -0.375 e. The maximum absolute atomic E-state index is 13.6. The van der Waals surface area contributed by atoms with Crippen molar-refractivity contribution in [3.05, 3.63) is 35.1 Å². The highest BCUT2D eigenvalue weighted by molar-refractivity contribution is 5.37. The fourth-order valence-electron chi connectivity index (χ4n) is 2.65. The number of rotatable bonds is 3. The van der Waals surface area contributed by atoms with Gasteiger partial charge in [-0.2, -0.15) is 0 Å². The summed E-state index contributed by atoms with van der Waals surface area (Å²) in [5, 5.41) is 0. The summed E-state index contributed by atoms with van der Waals surface area (Å²) >= 11 is 0. The summed E-state index contributed by atoms with van der Waals surface area (Å²) < 4.78 is 25.2. The molecule has 114 valence electrons. The second-order valence-corrected chi connectivity index (χ2v) is 5.52. The Bertz CT molecular complexity index is 525. The summed E-state index contributed by atoms with van der Waals surface area (Å²) in [6.07, 6.45) is 2.32. The van der Waals surface area contributed by atoms with Gasteiger partial charge >= 0.3 is 0 Å². The van der Waals surface area contributed by atoms with E-state index in [4.69, 9.17) is 15.2 Å². The van der Waals surface area contributed by atoms with E-state index >= 15 is 0 Å². The lowest BCUT2D eigenvalue weighted by Crippen LogP contribution is -2.34. The van der Waals surface area contributed by atoms with E-state index in [9.17, 15) is 4.39 Å². The van der Waals surface area contributed by atoms with Crippen molar-refractivity contribution in [2.24, 2.45) is 5.73 Å². The van der Waals surface area contributed by atoms with Crippen LogP contribution in [-0.2, 0) is 16.1 Å². The van der Waals surface area contributed by atoms with Crippen LogP contribution < -0.4 is 5.73 Å². The van der Waals surface area contributed by atoms with Gasteiger partial charge in [-0.05, 0) is 50.5 Å². The second kappa shape index (κ2) is 7.56. The maximum atomic E-state index is 13.6. The molecule has 4 heteroatoms. The normalized spacial score (nSPS) is 25.2. The molecule has 0 radical (unpaired) electrons. The van der Waals surface area contributed by atoms with Gasteiger partial charge in [0, 0.05) is 5.56 Å². The Labute approximate surface area is 125 Å². The monoisotopic (exact) mass is 291 g/mol. The summed E-state index contributed by atoms with van der Waals surface area (Å²) in [5.41, 5.74) is 6.76. The molecule has 1 saturated heterocycles. The highest BCUT2D eigenvalue weighted by Gasteiger charge is 2.24. The highest BCUT2D eigenvalue weighted by atomic mass is 19.1. The molecule has 2 rings (SSSR count). The van der Waals surface area contributed by atoms with Gasteiger partial charge in [-0.3, -0.25) is 0 Å². The van der Waals surface area contributed by atoms with Gasteiger partial charge in [0.1, 0.15) is 5.82 Å². The van der Waals surface area contributed by atoms with Crippen molar-refractivity contribution in [1.82, 2.24) is 0 Å². The molecule has 2 N–H and O–H groups in total. The van der Waals surface area contributed by atoms with E-state index in [1.54, 1.807) is 0 Å². The van der Waals surface area contributed by atoms with Crippen LogP contribution in [-0.4, -0.2) is 24.9 Å². The van der Waals surface area contributed by atoms with E-state index in [0.717, 1.165) is 18.4 Å². The first-order valence-electron chi connectivity index (χ1n) is 7.32. The SMILES string of the molecule is CC1CC(OCc2cc(F)cc(C#CCN)c2)CC(C)O1. The fourth-order valence-corrected chi connectivity index (χ4v) is 2.65. The third-order valence-corrected chi connectivity index (χ3v) is 3.43. The van der Waals surface area contributed by atoms with Gasteiger partial charge in [-0.15, -0.1) is 0 Å². The molecule has 1 aromatic carbocycles. The average molecular weight is 291 g/mol. The lowest BCUT2D eigenvalue weighted by atomic mass is 10.0. The van der Waals surface area contributed by atoms with Crippen molar-refractivity contribution < 1.29 is 13.9 Å². The van der Waals surface area contributed by atoms with E-state index in [0.29, 0.717) is 12.2 Å². The molecule has 1 heterocycles. The van der Waals surface area contributed by atoms with Crippen LogP contribution in [0.1, 0.15) is 37.8 Å². The van der Waals surface area contributed by atoms with E-state index in [2.05, 4.69) is 25.7 Å². The van der Waals surface area contributed by atoms with Crippen LogP contribution in [0.25, 0.3) is 0 Å². The minimum absolute atomic E-state index is 0.158. The van der Waals surface area contributed by atoms with Crippen molar-refractivity contribution in [3.8, 4) is 11.8 Å². The molecule has 1 fully saturated rings. The van der Waals surface area contributed by atoms with Crippen molar-refractivity contribution in [2.45, 2.75) is 51.6 Å². The molecule has 3 nitrogen and oxygen atoms in total. The van der Waals surface area contributed by atoms with Crippen LogP contribution in [0.15, 0.2) is 18.2 Å². The summed E-state index contributed by atoms with van der Waals surface area (Å²) in [6.45, 7) is 4.75. The summed E-state index contributed by atoms with van der Waals surface area (Å²) in [7, 11) is 0. The van der Waals surface area contributed by atoms with Crippen LogP contribution in [0.2, 0.25) is 0 Å². The largest absolute Gasteiger partial charge is 0.375 e. The zero-order valence-electron chi connectivity index (χ0n) is 12.6. The molecule has 2 atom stereocenters. The van der Waals surface area contributed by atoms with E-state index < -0.39 is 0 Å². The van der Waals surface area contributed by atoms with Crippen molar-refractivity contribution >= 4 is 0 Å². The molecular formula is C17H22FNO2. The predicted molar refractivity (Wildman–Crippen MR) is 80.2 cm³/mol. The van der Waals surface area contributed by atoms with E-state index in [-0.39, 0.29) is 30.7 Å². The standard InChI is InChI=1S/C17H22FNO2/c1-12-6-17(7-13(2)21-12)20-11-15-8-14(4-3-5-19)9-16(18)10-15/h8-10,12-13,17H,5-7,11,19H2,1-2H3. The lowest BCUT2D eigenvalue weighted by Gasteiger charge is -2.32. The molecule has 21 heavy (non-hydrogen) atoms. The molecule has 0 aromatic heterocycles. The van der Waals surface area contributed by atoms with Gasteiger partial charge in [0.15, 0.2) is 0 Å². The highest BCUT2D eigenvalue weighted by Crippen LogP contribution is 2.23. The number of hydrogen-bond donors (Lipinski definition) is 1. The van der Waals surface area contributed by atoms with E-state index in [1.807, 2.05) is 6.07 Å². The molecule has 1 aliphatic rings. The smallest absolute Gasteiger partial charge is 0.124 e. The van der Waals surface area contributed by atoms with Crippen molar-refractivity contribution in [3.63, 3.8) is 0 Å². The van der Waals surface area contributed by atoms with Gasteiger partial charge < -0.3 is 15.2 Å². The van der Waals surface area contributed by atoms with Crippen LogP contribution >= 0.6 is 0 Å². The van der Waals surface area contributed by atoms with Gasteiger partial charge in [0.05, 0.1) is 31.5 Å². The Balaban J connectivity index is 1.98. The van der Waals surface area contributed by atoms with Crippen molar-refractivity contribution in [1.29, 1.82) is 0 Å². The number of nitrogens with two attached hydrogens (primary N) is 1. The summed E-state index contributed by atoms with van der Waals surface area (Å²) in [4.78, 5) is 0. The fraction of sp³-hybridized carbons (Fsp3) is 0.529. The van der Waals surface area contributed by atoms with Gasteiger partial charge in [0.2, 0.25) is 0 Å².